The molecule has 2 amide bonds. The van der Waals surface area contributed by atoms with E-state index in [1.165, 1.54) is 12.1 Å². The van der Waals surface area contributed by atoms with E-state index in [2.05, 4.69) is 5.32 Å². The highest BCUT2D eigenvalue weighted by molar-refractivity contribution is 5.90. The maximum Gasteiger partial charge on any atom is 0.245 e. The molecule has 0 bridgehead atoms. The molecule has 1 saturated heterocycles. The topological polar surface area (TPSA) is 49.4 Å². The summed E-state index contributed by atoms with van der Waals surface area (Å²) in [5.74, 6) is -0.372. The molecule has 1 aromatic rings. The van der Waals surface area contributed by atoms with Crippen LogP contribution in [0.1, 0.15) is 32.3 Å². The summed E-state index contributed by atoms with van der Waals surface area (Å²) >= 11 is 0. The van der Waals surface area contributed by atoms with Gasteiger partial charge in [0.05, 0.1) is 0 Å². The van der Waals surface area contributed by atoms with E-state index in [1.807, 2.05) is 13.8 Å². The normalized spacial score (nSPS) is 20.9. The molecule has 1 aliphatic rings. The number of nitrogens with zero attached hydrogens (tertiary/aromatic N) is 1. The standard InChI is InChI=1S/C16H21FN2O2/c1-3-14-16(21)19(9-8-15(20)18-14)11(2)10-12-4-6-13(17)7-5-12/h4-7,11,14H,3,8-10H2,1-2H3,(H,18,20). The fourth-order valence-corrected chi connectivity index (χ4v) is 2.65. The first-order valence-electron chi connectivity index (χ1n) is 7.35. The Kier molecular flexibility index (Phi) is 4.94. The predicted octanol–water partition coefficient (Wildman–Crippen LogP) is 1.88. The zero-order chi connectivity index (χ0) is 15.4. The fourth-order valence-electron chi connectivity index (χ4n) is 2.65. The van der Waals surface area contributed by atoms with Crippen molar-refractivity contribution in [3.05, 3.63) is 35.6 Å². The summed E-state index contributed by atoms with van der Waals surface area (Å²) in [6, 6.07) is 5.85. The fraction of sp³-hybridized carbons (Fsp3) is 0.500. The molecule has 0 radical (unpaired) electrons. The maximum absolute atomic E-state index is 12.9. The Morgan fingerprint density at radius 1 is 1.33 bits per heavy atom. The van der Waals surface area contributed by atoms with Gasteiger partial charge in [-0.3, -0.25) is 9.59 Å². The highest BCUT2D eigenvalue weighted by Crippen LogP contribution is 2.14. The lowest BCUT2D eigenvalue weighted by atomic mass is 10.0. The molecular formula is C16H21FN2O2. The van der Waals surface area contributed by atoms with Crippen LogP contribution in [-0.2, 0) is 16.0 Å². The number of carbonyl (C=O) groups is 2. The van der Waals surface area contributed by atoms with Crippen molar-refractivity contribution in [2.75, 3.05) is 6.54 Å². The smallest absolute Gasteiger partial charge is 0.245 e. The van der Waals surface area contributed by atoms with Crippen molar-refractivity contribution in [2.24, 2.45) is 0 Å². The second-order valence-corrected chi connectivity index (χ2v) is 5.49. The highest BCUT2D eigenvalue weighted by Gasteiger charge is 2.31. The van der Waals surface area contributed by atoms with Crippen LogP contribution in [0.3, 0.4) is 0 Å². The van der Waals surface area contributed by atoms with Crippen LogP contribution in [0.2, 0.25) is 0 Å². The molecule has 21 heavy (non-hydrogen) atoms. The molecule has 0 spiro atoms. The van der Waals surface area contributed by atoms with E-state index in [1.54, 1.807) is 17.0 Å². The second kappa shape index (κ2) is 6.70. The minimum atomic E-state index is -0.435. The molecule has 1 N–H and O–H groups in total. The van der Waals surface area contributed by atoms with Gasteiger partial charge in [0.2, 0.25) is 11.8 Å². The summed E-state index contributed by atoms with van der Waals surface area (Å²) < 4.78 is 12.9. The van der Waals surface area contributed by atoms with Crippen molar-refractivity contribution in [3.63, 3.8) is 0 Å². The van der Waals surface area contributed by atoms with Crippen LogP contribution in [0.5, 0.6) is 0 Å². The third kappa shape index (κ3) is 3.80. The first-order chi connectivity index (χ1) is 10.0. The molecule has 2 atom stereocenters. The quantitative estimate of drug-likeness (QED) is 0.921. The van der Waals surface area contributed by atoms with E-state index < -0.39 is 6.04 Å². The van der Waals surface area contributed by atoms with Crippen LogP contribution in [0.4, 0.5) is 4.39 Å². The van der Waals surface area contributed by atoms with E-state index >= 15 is 0 Å². The van der Waals surface area contributed by atoms with E-state index in [4.69, 9.17) is 0 Å². The Balaban J connectivity index is 2.09. The second-order valence-electron chi connectivity index (χ2n) is 5.49. The Labute approximate surface area is 124 Å². The number of halogens is 1. The van der Waals surface area contributed by atoms with Crippen LogP contribution in [0.15, 0.2) is 24.3 Å². The summed E-state index contributed by atoms with van der Waals surface area (Å²) in [4.78, 5) is 25.8. The van der Waals surface area contributed by atoms with Crippen molar-refractivity contribution in [1.82, 2.24) is 10.2 Å². The van der Waals surface area contributed by atoms with Gasteiger partial charge in [-0.1, -0.05) is 19.1 Å². The van der Waals surface area contributed by atoms with Crippen LogP contribution in [0, 0.1) is 5.82 Å². The number of hydrogen-bond donors (Lipinski definition) is 1. The molecule has 2 unspecified atom stereocenters. The molecule has 1 aliphatic heterocycles. The van der Waals surface area contributed by atoms with Crippen LogP contribution >= 0.6 is 0 Å². The van der Waals surface area contributed by atoms with Crippen molar-refractivity contribution in [2.45, 2.75) is 45.2 Å². The van der Waals surface area contributed by atoms with Gasteiger partial charge in [0.1, 0.15) is 11.9 Å². The average molecular weight is 292 g/mol. The molecule has 0 aliphatic carbocycles. The SMILES string of the molecule is CCC1NC(=O)CCN(C(C)Cc2ccc(F)cc2)C1=O. The third-order valence-electron chi connectivity index (χ3n) is 3.88. The molecule has 1 fully saturated rings. The van der Waals surface area contributed by atoms with E-state index in [0.717, 1.165) is 5.56 Å². The number of benzene rings is 1. The zero-order valence-corrected chi connectivity index (χ0v) is 12.4. The molecule has 1 heterocycles. The molecule has 114 valence electrons. The van der Waals surface area contributed by atoms with Gasteiger partial charge in [-0.05, 0) is 37.5 Å². The first-order valence-corrected chi connectivity index (χ1v) is 7.35. The minimum absolute atomic E-state index is 0.0234. The van der Waals surface area contributed by atoms with Gasteiger partial charge in [-0.2, -0.15) is 0 Å². The van der Waals surface area contributed by atoms with E-state index in [-0.39, 0.29) is 23.7 Å². The lowest BCUT2D eigenvalue weighted by Gasteiger charge is -2.30. The Bertz CT molecular complexity index is 516. The van der Waals surface area contributed by atoms with Crippen molar-refractivity contribution in [1.29, 1.82) is 0 Å². The largest absolute Gasteiger partial charge is 0.344 e. The summed E-state index contributed by atoms with van der Waals surface area (Å²) in [7, 11) is 0. The van der Waals surface area contributed by atoms with Gasteiger partial charge in [0, 0.05) is 19.0 Å². The van der Waals surface area contributed by atoms with Crippen molar-refractivity contribution >= 4 is 11.8 Å². The van der Waals surface area contributed by atoms with Crippen molar-refractivity contribution in [3.8, 4) is 0 Å². The van der Waals surface area contributed by atoms with Gasteiger partial charge in [-0.15, -0.1) is 0 Å². The lowest BCUT2D eigenvalue weighted by Crippen LogP contribution is -2.48. The summed E-state index contributed by atoms with van der Waals surface area (Å²) in [6.45, 7) is 4.28. The Morgan fingerprint density at radius 2 is 2.00 bits per heavy atom. The van der Waals surface area contributed by atoms with Crippen LogP contribution in [0.25, 0.3) is 0 Å². The summed E-state index contributed by atoms with van der Waals surface area (Å²) in [5.41, 5.74) is 0.980. The summed E-state index contributed by atoms with van der Waals surface area (Å²) in [5, 5.41) is 2.75. The van der Waals surface area contributed by atoms with Crippen LogP contribution in [-0.4, -0.2) is 35.3 Å². The number of carbonyl (C=O) groups excluding carboxylic acids is 2. The molecule has 0 saturated carbocycles. The minimum Gasteiger partial charge on any atom is -0.344 e. The van der Waals surface area contributed by atoms with Crippen LogP contribution < -0.4 is 5.32 Å². The first kappa shape index (κ1) is 15.5. The number of hydrogen-bond acceptors (Lipinski definition) is 2. The van der Waals surface area contributed by atoms with Gasteiger partial charge in [0.25, 0.3) is 0 Å². The average Bonchev–Trinajstić information content (AvgIpc) is 2.60. The third-order valence-corrected chi connectivity index (χ3v) is 3.88. The number of amides is 2. The van der Waals surface area contributed by atoms with Crippen molar-refractivity contribution < 1.29 is 14.0 Å². The van der Waals surface area contributed by atoms with Gasteiger partial charge in [0.15, 0.2) is 0 Å². The maximum atomic E-state index is 12.9. The van der Waals surface area contributed by atoms with Gasteiger partial charge < -0.3 is 10.2 Å². The molecule has 4 nitrogen and oxygen atoms in total. The van der Waals surface area contributed by atoms with E-state index in [0.29, 0.717) is 25.8 Å². The molecule has 5 heteroatoms. The number of rotatable bonds is 4. The molecule has 0 aromatic heterocycles. The highest BCUT2D eigenvalue weighted by atomic mass is 19.1. The Hall–Kier alpha value is -1.91. The lowest BCUT2D eigenvalue weighted by molar-refractivity contribution is -0.135. The monoisotopic (exact) mass is 292 g/mol. The zero-order valence-electron chi connectivity index (χ0n) is 12.4. The molecule has 2 rings (SSSR count). The molecular weight excluding hydrogens is 271 g/mol. The predicted molar refractivity (Wildman–Crippen MR) is 78.1 cm³/mol. The van der Waals surface area contributed by atoms with E-state index in [9.17, 15) is 14.0 Å². The summed E-state index contributed by atoms with van der Waals surface area (Å²) in [6.07, 6.45) is 1.57. The number of nitrogens with one attached hydrogen (secondary N) is 1. The van der Waals surface area contributed by atoms with Gasteiger partial charge in [-0.25, -0.2) is 4.39 Å². The van der Waals surface area contributed by atoms with Gasteiger partial charge >= 0.3 is 0 Å². The molecule has 1 aromatic carbocycles. The Morgan fingerprint density at radius 3 is 2.62 bits per heavy atom.